The molecular weight excluding hydrogens is 258 g/mol. The Balaban J connectivity index is 2.31. The van der Waals surface area contributed by atoms with Gasteiger partial charge in [0.1, 0.15) is 0 Å². The Morgan fingerprint density at radius 1 is 1.53 bits per heavy atom. The van der Waals surface area contributed by atoms with E-state index in [9.17, 15) is 4.79 Å². The van der Waals surface area contributed by atoms with Crippen LogP contribution in [0.25, 0.3) is 0 Å². The Hall–Kier alpha value is -0.940. The lowest BCUT2D eigenvalue weighted by molar-refractivity contribution is -0.131. The summed E-state index contributed by atoms with van der Waals surface area (Å²) in [5, 5.41) is 3.16. The molecule has 0 unspecified atom stereocenters. The van der Waals surface area contributed by atoms with Crippen LogP contribution < -0.4 is 5.73 Å². The maximum absolute atomic E-state index is 12.0. The van der Waals surface area contributed by atoms with Crippen molar-refractivity contribution in [2.45, 2.75) is 40.0 Å². The molecular formula is C14H25N3OS. The van der Waals surface area contributed by atoms with E-state index in [0.29, 0.717) is 19.5 Å². The van der Waals surface area contributed by atoms with Crippen LogP contribution in [0.5, 0.6) is 0 Å². The summed E-state index contributed by atoms with van der Waals surface area (Å²) in [6.07, 6.45) is 2.31. The quantitative estimate of drug-likeness (QED) is 0.834. The first-order valence-electron chi connectivity index (χ1n) is 6.69. The summed E-state index contributed by atoms with van der Waals surface area (Å²) in [6.45, 7) is 7.45. The predicted octanol–water partition coefficient (Wildman–Crippen LogP) is 2.22. The van der Waals surface area contributed by atoms with Gasteiger partial charge >= 0.3 is 0 Å². The second kappa shape index (κ2) is 7.01. The lowest BCUT2D eigenvalue weighted by Crippen LogP contribution is -2.39. The minimum atomic E-state index is -0.0174. The predicted molar refractivity (Wildman–Crippen MR) is 80.3 cm³/mol. The van der Waals surface area contributed by atoms with Crippen molar-refractivity contribution in [2.75, 3.05) is 20.1 Å². The minimum Gasteiger partial charge on any atom is -0.345 e. The number of carbonyl (C=O) groups excluding carboxylic acids is 1. The van der Waals surface area contributed by atoms with Gasteiger partial charge in [-0.1, -0.05) is 13.8 Å². The van der Waals surface area contributed by atoms with Gasteiger partial charge in [-0.05, 0) is 31.7 Å². The molecule has 0 aromatic carbocycles. The molecule has 1 heterocycles. The smallest absolute Gasteiger partial charge is 0.222 e. The third-order valence-corrected chi connectivity index (χ3v) is 3.96. The zero-order chi connectivity index (χ0) is 14.5. The highest BCUT2D eigenvalue weighted by atomic mass is 32.1. The molecule has 1 rings (SSSR count). The largest absolute Gasteiger partial charge is 0.345 e. The van der Waals surface area contributed by atoms with E-state index in [0.717, 1.165) is 23.5 Å². The highest BCUT2D eigenvalue weighted by Crippen LogP contribution is 2.15. The lowest BCUT2D eigenvalue weighted by atomic mass is 9.93. The number of nitrogens with zero attached hydrogens (tertiary/aromatic N) is 2. The summed E-state index contributed by atoms with van der Waals surface area (Å²) in [4.78, 5) is 18.2. The molecule has 0 fully saturated rings. The monoisotopic (exact) mass is 283 g/mol. The summed E-state index contributed by atoms with van der Waals surface area (Å²) < 4.78 is 0. The van der Waals surface area contributed by atoms with Gasteiger partial charge in [0, 0.05) is 25.4 Å². The van der Waals surface area contributed by atoms with Crippen LogP contribution in [-0.2, 0) is 11.2 Å². The number of aromatic nitrogens is 1. The lowest BCUT2D eigenvalue weighted by Gasteiger charge is -2.29. The number of rotatable bonds is 7. The van der Waals surface area contributed by atoms with Gasteiger partial charge in [0.25, 0.3) is 0 Å². The van der Waals surface area contributed by atoms with Gasteiger partial charge in [-0.2, -0.15) is 0 Å². The van der Waals surface area contributed by atoms with E-state index in [1.807, 2.05) is 14.0 Å². The Morgan fingerprint density at radius 2 is 2.21 bits per heavy atom. The molecule has 4 nitrogen and oxygen atoms in total. The van der Waals surface area contributed by atoms with E-state index < -0.39 is 0 Å². The van der Waals surface area contributed by atoms with E-state index in [1.54, 1.807) is 16.2 Å². The summed E-state index contributed by atoms with van der Waals surface area (Å²) in [5.74, 6) is 0.188. The van der Waals surface area contributed by atoms with Crippen molar-refractivity contribution in [3.05, 3.63) is 16.1 Å². The van der Waals surface area contributed by atoms with E-state index in [1.165, 1.54) is 0 Å². The van der Waals surface area contributed by atoms with Crippen molar-refractivity contribution in [1.82, 2.24) is 9.88 Å². The molecule has 0 radical (unpaired) electrons. The van der Waals surface area contributed by atoms with Gasteiger partial charge in [0.15, 0.2) is 0 Å². The Kier molecular flexibility index (Phi) is 5.94. The fourth-order valence-corrected chi connectivity index (χ4v) is 2.58. The molecule has 108 valence electrons. The summed E-state index contributed by atoms with van der Waals surface area (Å²) in [7, 11) is 1.85. The summed E-state index contributed by atoms with van der Waals surface area (Å²) >= 11 is 1.66. The van der Waals surface area contributed by atoms with Gasteiger partial charge in [0.05, 0.1) is 10.7 Å². The van der Waals surface area contributed by atoms with E-state index in [-0.39, 0.29) is 11.3 Å². The standard InChI is InChI=1S/C14H25N3OS/c1-11-16-12(8-19-11)6-5-7-13(18)17(4)10-14(2,3)9-15/h8H,5-7,9-10,15H2,1-4H3. The Labute approximate surface area is 120 Å². The third-order valence-electron chi connectivity index (χ3n) is 3.13. The first-order valence-corrected chi connectivity index (χ1v) is 7.57. The molecule has 0 bridgehead atoms. The number of hydrogen-bond acceptors (Lipinski definition) is 4. The zero-order valence-corrected chi connectivity index (χ0v) is 13.2. The molecule has 0 saturated heterocycles. The van der Waals surface area contributed by atoms with Gasteiger partial charge < -0.3 is 10.6 Å². The first kappa shape index (κ1) is 16.1. The Bertz CT molecular complexity index is 415. The molecule has 5 heteroatoms. The number of aryl methyl sites for hydroxylation is 2. The fraction of sp³-hybridized carbons (Fsp3) is 0.714. The molecule has 0 aliphatic rings. The molecule has 0 atom stereocenters. The van der Waals surface area contributed by atoms with Gasteiger partial charge in [-0.3, -0.25) is 4.79 Å². The van der Waals surface area contributed by atoms with Crippen molar-refractivity contribution in [2.24, 2.45) is 11.1 Å². The van der Waals surface area contributed by atoms with Crippen LogP contribution in [-0.4, -0.2) is 35.9 Å². The fourth-order valence-electron chi connectivity index (χ4n) is 1.93. The van der Waals surface area contributed by atoms with E-state index in [2.05, 4.69) is 24.2 Å². The van der Waals surface area contributed by atoms with Crippen LogP contribution in [0.15, 0.2) is 5.38 Å². The van der Waals surface area contributed by atoms with Crippen LogP contribution in [0, 0.1) is 12.3 Å². The number of nitrogens with two attached hydrogens (primary N) is 1. The summed E-state index contributed by atoms with van der Waals surface area (Å²) in [5.41, 5.74) is 6.77. The number of carbonyl (C=O) groups is 1. The van der Waals surface area contributed by atoms with Gasteiger partial charge in [-0.15, -0.1) is 11.3 Å². The molecule has 2 N–H and O–H groups in total. The molecule has 1 aromatic heterocycles. The Morgan fingerprint density at radius 3 is 2.74 bits per heavy atom. The average molecular weight is 283 g/mol. The van der Waals surface area contributed by atoms with Crippen molar-refractivity contribution in [3.8, 4) is 0 Å². The number of hydrogen-bond donors (Lipinski definition) is 1. The van der Waals surface area contributed by atoms with E-state index >= 15 is 0 Å². The highest BCUT2D eigenvalue weighted by molar-refractivity contribution is 7.09. The van der Waals surface area contributed by atoms with Crippen molar-refractivity contribution >= 4 is 17.2 Å². The molecule has 19 heavy (non-hydrogen) atoms. The van der Waals surface area contributed by atoms with E-state index in [4.69, 9.17) is 5.73 Å². The normalized spacial score (nSPS) is 11.6. The highest BCUT2D eigenvalue weighted by Gasteiger charge is 2.20. The van der Waals surface area contributed by atoms with Crippen LogP contribution in [0.3, 0.4) is 0 Å². The third kappa shape index (κ3) is 5.70. The van der Waals surface area contributed by atoms with Crippen LogP contribution >= 0.6 is 11.3 Å². The number of thiazole rings is 1. The molecule has 0 saturated carbocycles. The topological polar surface area (TPSA) is 59.2 Å². The summed E-state index contributed by atoms with van der Waals surface area (Å²) in [6, 6.07) is 0. The first-order chi connectivity index (χ1) is 8.84. The number of amides is 1. The maximum Gasteiger partial charge on any atom is 0.222 e. The van der Waals surface area contributed by atoms with Gasteiger partial charge in [-0.25, -0.2) is 4.98 Å². The van der Waals surface area contributed by atoms with Crippen LogP contribution in [0.2, 0.25) is 0 Å². The van der Waals surface area contributed by atoms with Crippen molar-refractivity contribution < 1.29 is 4.79 Å². The second-order valence-corrected chi connectivity index (χ2v) is 6.89. The van der Waals surface area contributed by atoms with Crippen molar-refractivity contribution in [1.29, 1.82) is 0 Å². The van der Waals surface area contributed by atoms with Crippen LogP contribution in [0.1, 0.15) is 37.4 Å². The minimum absolute atomic E-state index is 0.0174. The molecule has 0 aliphatic carbocycles. The molecule has 0 spiro atoms. The second-order valence-electron chi connectivity index (χ2n) is 5.83. The SMILES string of the molecule is Cc1nc(CCCC(=O)N(C)CC(C)(C)CN)cs1. The van der Waals surface area contributed by atoms with Gasteiger partial charge in [0.2, 0.25) is 5.91 Å². The van der Waals surface area contributed by atoms with Crippen LogP contribution in [0.4, 0.5) is 0 Å². The van der Waals surface area contributed by atoms with Crippen molar-refractivity contribution in [3.63, 3.8) is 0 Å². The average Bonchev–Trinajstić information content (AvgIpc) is 2.74. The molecule has 1 amide bonds. The molecule has 0 aliphatic heterocycles. The zero-order valence-electron chi connectivity index (χ0n) is 12.4. The molecule has 1 aromatic rings. The maximum atomic E-state index is 12.0.